The summed E-state index contributed by atoms with van der Waals surface area (Å²) in [6.07, 6.45) is 1.49. The van der Waals surface area contributed by atoms with Crippen molar-refractivity contribution in [3.05, 3.63) is 52.6 Å². The van der Waals surface area contributed by atoms with Gasteiger partial charge in [0.25, 0.3) is 0 Å². The maximum Gasteiger partial charge on any atom is 0.238 e. The lowest BCUT2D eigenvalue weighted by Crippen LogP contribution is -2.22. The summed E-state index contributed by atoms with van der Waals surface area (Å²) >= 11 is 13.2. The minimum absolute atomic E-state index is 0.134. The Morgan fingerprint density at radius 1 is 1.25 bits per heavy atom. The van der Waals surface area contributed by atoms with Crippen molar-refractivity contribution in [2.45, 2.75) is 17.1 Å². The average Bonchev–Trinajstić information content (AvgIpc) is 2.44. The smallest absolute Gasteiger partial charge is 0.238 e. The summed E-state index contributed by atoms with van der Waals surface area (Å²) in [6, 6.07) is 10.8. The average molecular weight is 327 g/mol. The van der Waals surface area contributed by atoms with Crippen LogP contribution in [-0.4, -0.2) is 16.1 Å². The molecule has 2 aromatic rings. The van der Waals surface area contributed by atoms with Gasteiger partial charge in [-0.25, -0.2) is 4.98 Å². The van der Waals surface area contributed by atoms with Crippen LogP contribution < -0.4 is 5.32 Å². The van der Waals surface area contributed by atoms with Crippen molar-refractivity contribution in [1.82, 2.24) is 4.98 Å². The Balaban J connectivity index is 1.99. The number of rotatable bonds is 4. The van der Waals surface area contributed by atoms with E-state index in [0.29, 0.717) is 15.9 Å². The number of hydrogen-bond acceptors (Lipinski definition) is 3. The van der Waals surface area contributed by atoms with Crippen molar-refractivity contribution in [3.8, 4) is 0 Å². The topological polar surface area (TPSA) is 42.0 Å². The van der Waals surface area contributed by atoms with Gasteiger partial charge in [0.05, 0.1) is 15.3 Å². The van der Waals surface area contributed by atoms with Crippen LogP contribution in [0.5, 0.6) is 0 Å². The van der Waals surface area contributed by atoms with Crippen molar-refractivity contribution >= 4 is 46.7 Å². The van der Waals surface area contributed by atoms with Gasteiger partial charge in [-0.2, -0.15) is 0 Å². The summed E-state index contributed by atoms with van der Waals surface area (Å²) in [6.45, 7) is 1.82. The molecule has 1 aromatic heterocycles. The van der Waals surface area contributed by atoms with E-state index in [1.165, 1.54) is 18.0 Å². The maximum atomic E-state index is 12.1. The van der Waals surface area contributed by atoms with Crippen LogP contribution in [0.2, 0.25) is 10.0 Å². The highest BCUT2D eigenvalue weighted by Gasteiger charge is 2.16. The molecule has 0 aliphatic carbocycles. The molecule has 6 heteroatoms. The Labute approximate surface area is 131 Å². The normalized spacial score (nSPS) is 11.9. The lowest BCUT2D eigenvalue weighted by Gasteiger charge is -2.12. The first-order valence-electron chi connectivity index (χ1n) is 5.90. The molecule has 104 valence electrons. The van der Waals surface area contributed by atoms with Gasteiger partial charge in [-0.1, -0.05) is 35.3 Å². The van der Waals surface area contributed by atoms with Gasteiger partial charge < -0.3 is 5.32 Å². The lowest BCUT2D eigenvalue weighted by molar-refractivity contribution is -0.115. The van der Waals surface area contributed by atoms with Gasteiger partial charge in [-0.15, -0.1) is 11.8 Å². The number of thioether (sulfide) groups is 1. The molecule has 0 spiro atoms. The molecular formula is C14H12Cl2N2OS. The summed E-state index contributed by atoms with van der Waals surface area (Å²) < 4.78 is 0. The molecule has 0 aliphatic rings. The molecule has 3 nitrogen and oxygen atoms in total. The van der Waals surface area contributed by atoms with Gasteiger partial charge in [-0.3, -0.25) is 4.79 Å². The predicted octanol–water partition coefficient (Wildman–Crippen LogP) is 4.51. The number of carbonyl (C=O) groups is 1. The summed E-state index contributed by atoms with van der Waals surface area (Å²) in [5.74, 6) is 0.343. The number of amides is 1. The number of nitrogens with one attached hydrogen (secondary N) is 1. The maximum absolute atomic E-state index is 12.1. The Hall–Kier alpha value is -1.23. The van der Waals surface area contributed by atoms with Crippen LogP contribution in [0.1, 0.15) is 6.92 Å². The number of pyridine rings is 1. The molecule has 20 heavy (non-hydrogen) atoms. The third kappa shape index (κ3) is 4.13. The van der Waals surface area contributed by atoms with E-state index < -0.39 is 0 Å². The Morgan fingerprint density at radius 3 is 2.65 bits per heavy atom. The zero-order valence-electron chi connectivity index (χ0n) is 10.6. The largest absolute Gasteiger partial charge is 0.310 e. The first-order chi connectivity index (χ1) is 9.56. The van der Waals surface area contributed by atoms with Crippen molar-refractivity contribution in [2.24, 2.45) is 0 Å². The van der Waals surface area contributed by atoms with E-state index in [9.17, 15) is 4.79 Å². The van der Waals surface area contributed by atoms with Gasteiger partial charge in [0.1, 0.15) is 5.82 Å². The molecule has 1 heterocycles. The minimum Gasteiger partial charge on any atom is -0.310 e. The number of benzene rings is 1. The van der Waals surface area contributed by atoms with Gasteiger partial charge in [0, 0.05) is 11.1 Å². The van der Waals surface area contributed by atoms with Crippen LogP contribution in [0, 0.1) is 0 Å². The molecule has 0 aliphatic heterocycles. The van der Waals surface area contributed by atoms with E-state index in [1.54, 1.807) is 18.2 Å². The number of hydrogen-bond donors (Lipinski definition) is 1. The van der Waals surface area contributed by atoms with E-state index in [4.69, 9.17) is 23.2 Å². The molecule has 1 unspecified atom stereocenters. The summed E-state index contributed by atoms with van der Waals surface area (Å²) in [4.78, 5) is 17.0. The number of halogens is 2. The molecule has 1 amide bonds. The minimum atomic E-state index is -0.285. The van der Waals surface area contributed by atoms with Gasteiger partial charge in [-0.05, 0) is 31.2 Å². The number of carbonyl (C=O) groups excluding carboxylic acids is 1. The Bertz CT molecular complexity index is 604. The van der Waals surface area contributed by atoms with Gasteiger partial charge >= 0.3 is 0 Å². The number of anilines is 1. The van der Waals surface area contributed by atoms with Crippen LogP contribution in [0.4, 0.5) is 5.82 Å². The van der Waals surface area contributed by atoms with Crippen LogP contribution in [0.25, 0.3) is 0 Å². The number of nitrogens with zero attached hydrogens (tertiary/aromatic N) is 1. The third-order valence-electron chi connectivity index (χ3n) is 2.49. The highest BCUT2D eigenvalue weighted by atomic mass is 35.5. The zero-order valence-corrected chi connectivity index (χ0v) is 13.0. The van der Waals surface area contributed by atoms with Crippen molar-refractivity contribution in [3.63, 3.8) is 0 Å². The highest BCUT2D eigenvalue weighted by molar-refractivity contribution is 8.00. The quantitative estimate of drug-likeness (QED) is 0.840. The molecule has 0 saturated carbocycles. The molecule has 0 fully saturated rings. The monoisotopic (exact) mass is 326 g/mol. The molecule has 1 atom stereocenters. The first kappa shape index (κ1) is 15.2. The van der Waals surface area contributed by atoms with Gasteiger partial charge in [0.15, 0.2) is 0 Å². The first-order valence-corrected chi connectivity index (χ1v) is 7.53. The fourth-order valence-electron chi connectivity index (χ4n) is 1.46. The number of aromatic nitrogens is 1. The zero-order chi connectivity index (χ0) is 14.5. The molecule has 0 bridgehead atoms. The second-order valence-corrected chi connectivity index (χ2v) is 6.27. The predicted molar refractivity (Wildman–Crippen MR) is 84.6 cm³/mol. The fourth-order valence-corrected chi connectivity index (χ4v) is 2.73. The molecule has 2 rings (SSSR count). The van der Waals surface area contributed by atoms with Crippen LogP contribution in [-0.2, 0) is 4.79 Å². The second kappa shape index (κ2) is 6.97. The molecular weight excluding hydrogens is 315 g/mol. The van der Waals surface area contributed by atoms with Crippen LogP contribution in [0.3, 0.4) is 0 Å². The second-order valence-electron chi connectivity index (χ2n) is 4.04. The summed E-state index contributed by atoms with van der Waals surface area (Å²) in [5.41, 5.74) is 0. The Kier molecular flexibility index (Phi) is 5.29. The van der Waals surface area contributed by atoms with Crippen molar-refractivity contribution < 1.29 is 4.79 Å². The van der Waals surface area contributed by atoms with Crippen LogP contribution in [0.15, 0.2) is 47.5 Å². The van der Waals surface area contributed by atoms with E-state index in [-0.39, 0.29) is 11.2 Å². The highest BCUT2D eigenvalue weighted by Crippen LogP contribution is 2.30. The summed E-state index contributed by atoms with van der Waals surface area (Å²) in [7, 11) is 0. The van der Waals surface area contributed by atoms with Crippen LogP contribution >= 0.6 is 35.0 Å². The molecule has 0 saturated heterocycles. The van der Waals surface area contributed by atoms with E-state index >= 15 is 0 Å². The lowest BCUT2D eigenvalue weighted by atomic mass is 10.4. The Morgan fingerprint density at radius 2 is 2.00 bits per heavy atom. The molecule has 0 radical (unpaired) electrons. The summed E-state index contributed by atoms with van der Waals surface area (Å²) in [5, 5.41) is 3.62. The van der Waals surface area contributed by atoms with Gasteiger partial charge in [0.2, 0.25) is 5.91 Å². The van der Waals surface area contributed by atoms with E-state index in [1.807, 2.05) is 25.1 Å². The van der Waals surface area contributed by atoms with Crippen molar-refractivity contribution in [1.29, 1.82) is 0 Å². The SMILES string of the molecule is CC(Sc1ccccc1Cl)C(=O)Nc1ccc(Cl)cn1. The molecule has 1 N–H and O–H groups in total. The standard InChI is InChI=1S/C14H12Cl2N2OS/c1-9(20-12-5-3-2-4-11(12)16)14(19)18-13-7-6-10(15)8-17-13/h2-9H,1H3,(H,17,18,19). The van der Waals surface area contributed by atoms with Crippen molar-refractivity contribution in [2.75, 3.05) is 5.32 Å². The van der Waals surface area contributed by atoms with E-state index in [0.717, 1.165) is 4.90 Å². The molecule has 1 aromatic carbocycles. The fraction of sp³-hybridized carbons (Fsp3) is 0.143. The van der Waals surface area contributed by atoms with E-state index in [2.05, 4.69) is 10.3 Å². The third-order valence-corrected chi connectivity index (χ3v) is 4.33.